The number of anilines is 1. The van der Waals surface area contributed by atoms with Crippen LogP contribution in [0.2, 0.25) is 0 Å². The second-order valence-electron chi connectivity index (χ2n) is 5.48. The number of aromatic nitrogens is 3. The summed E-state index contributed by atoms with van der Waals surface area (Å²) in [4.78, 5) is 3.78. The Bertz CT molecular complexity index is 630. The average molecular weight is 310 g/mol. The molecule has 0 amide bonds. The molecule has 1 N–H and O–H groups in total. The highest BCUT2D eigenvalue weighted by molar-refractivity contribution is 5.45. The SMILES string of the molecule is FC(F)(F)c1cccnc1NCc1ccn(C2CCCC2)n1. The molecule has 0 bridgehead atoms. The summed E-state index contributed by atoms with van der Waals surface area (Å²) in [6.45, 7) is 0.222. The van der Waals surface area contributed by atoms with Crippen LogP contribution in [0.15, 0.2) is 30.6 Å². The molecule has 2 aromatic heterocycles. The predicted molar refractivity (Wildman–Crippen MR) is 76.3 cm³/mol. The van der Waals surface area contributed by atoms with Gasteiger partial charge in [-0.15, -0.1) is 0 Å². The van der Waals surface area contributed by atoms with Crippen molar-refractivity contribution in [2.24, 2.45) is 0 Å². The fraction of sp³-hybridized carbons (Fsp3) is 0.467. The number of hydrogen-bond acceptors (Lipinski definition) is 3. The van der Waals surface area contributed by atoms with Crippen LogP contribution in [-0.2, 0) is 12.7 Å². The molecule has 0 radical (unpaired) electrons. The van der Waals surface area contributed by atoms with Gasteiger partial charge < -0.3 is 5.32 Å². The summed E-state index contributed by atoms with van der Waals surface area (Å²) in [6, 6.07) is 4.56. The van der Waals surface area contributed by atoms with Gasteiger partial charge in [-0.1, -0.05) is 12.8 Å². The van der Waals surface area contributed by atoms with E-state index < -0.39 is 11.7 Å². The summed E-state index contributed by atoms with van der Waals surface area (Å²) in [5, 5.41) is 7.18. The van der Waals surface area contributed by atoms with E-state index in [-0.39, 0.29) is 12.4 Å². The van der Waals surface area contributed by atoms with E-state index in [0.29, 0.717) is 11.7 Å². The molecule has 0 aliphatic heterocycles. The molecule has 2 heterocycles. The number of nitrogens with zero attached hydrogens (tertiary/aromatic N) is 3. The summed E-state index contributed by atoms with van der Waals surface area (Å²) >= 11 is 0. The van der Waals surface area contributed by atoms with E-state index in [9.17, 15) is 13.2 Å². The largest absolute Gasteiger partial charge is 0.419 e. The Kier molecular flexibility index (Phi) is 4.04. The lowest BCUT2D eigenvalue weighted by Crippen LogP contribution is -2.12. The molecule has 118 valence electrons. The molecule has 3 rings (SSSR count). The van der Waals surface area contributed by atoms with Crippen LogP contribution in [-0.4, -0.2) is 14.8 Å². The Morgan fingerprint density at radius 3 is 2.73 bits per heavy atom. The molecule has 7 heteroatoms. The topological polar surface area (TPSA) is 42.7 Å². The first-order valence-corrected chi connectivity index (χ1v) is 7.34. The molecule has 0 unspecified atom stereocenters. The zero-order valence-electron chi connectivity index (χ0n) is 12.0. The minimum atomic E-state index is -4.42. The van der Waals surface area contributed by atoms with Crippen LogP contribution in [0.5, 0.6) is 0 Å². The van der Waals surface area contributed by atoms with Crippen LogP contribution in [0.4, 0.5) is 19.0 Å². The maximum atomic E-state index is 12.9. The quantitative estimate of drug-likeness (QED) is 0.927. The Morgan fingerprint density at radius 2 is 2.00 bits per heavy atom. The van der Waals surface area contributed by atoms with Crippen LogP contribution in [0.3, 0.4) is 0 Å². The van der Waals surface area contributed by atoms with Crippen molar-refractivity contribution in [3.63, 3.8) is 0 Å². The number of rotatable bonds is 4. The minimum Gasteiger partial charge on any atom is -0.364 e. The van der Waals surface area contributed by atoms with E-state index in [1.54, 1.807) is 0 Å². The van der Waals surface area contributed by atoms with Crippen LogP contribution >= 0.6 is 0 Å². The maximum Gasteiger partial charge on any atom is 0.419 e. The summed E-state index contributed by atoms with van der Waals surface area (Å²) in [5.74, 6) is -0.162. The first-order valence-electron chi connectivity index (χ1n) is 7.34. The Balaban J connectivity index is 1.68. The van der Waals surface area contributed by atoms with Gasteiger partial charge in [0.2, 0.25) is 0 Å². The highest BCUT2D eigenvalue weighted by atomic mass is 19.4. The summed E-state index contributed by atoms with van der Waals surface area (Å²) < 4.78 is 40.6. The first-order chi connectivity index (χ1) is 10.5. The number of hydrogen-bond donors (Lipinski definition) is 1. The highest BCUT2D eigenvalue weighted by Gasteiger charge is 2.34. The molecule has 1 aliphatic rings. The van der Waals surface area contributed by atoms with E-state index in [1.807, 2.05) is 16.9 Å². The molecule has 0 spiro atoms. The van der Waals surface area contributed by atoms with Crippen LogP contribution in [0.1, 0.15) is 43.0 Å². The first kappa shape index (κ1) is 14.9. The van der Waals surface area contributed by atoms with Crippen molar-refractivity contribution in [1.29, 1.82) is 0 Å². The molecule has 1 saturated carbocycles. The molecule has 0 saturated heterocycles. The van der Waals surface area contributed by atoms with Crippen molar-refractivity contribution < 1.29 is 13.2 Å². The van der Waals surface area contributed by atoms with E-state index in [0.717, 1.165) is 18.9 Å². The summed E-state index contributed by atoms with van der Waals surface area (Å²) in [6.07, 6.45) is 3.48. The monoisotopic (exact) mass is 310 g/mol. The second kappa shape index (κ2) is 5.98. The molecule has 4 nitrogen and oxygen atoms in total. The van der Waals surface area contributed by atoms with E-state index in [2.05, 4.69) is 15.4 Å². The second-order valence-corrected chi connectivity index (χ2v) is 5.48. The zero-order chi connectivity index (χ0) is 15.6. The van der Waals surface area contributed by atoms with Gasteiger partial charge in [-0.3, -0.25) is 4.68 Å². The fourth-order valence-electron chi connectivity index (χ4n) is 2.79. The average Bonchev–Trinajstić information content (AvgIpc) is 3.15. The van der Waals surface area contributed by atoms with E-state index in [4.69, 9.17) is 0 Å². The molecule has 1 fully saturated rings. The Hall–Kier alpha value is -2.05. The van der Waals surface area contributed by atoms with E-state index >= 15 is 0 Å². The van der Waals surface area contributed by atoms with Crippen molar-refractivity contribution in [2.75, 3.05) is 5.32 Å². The number of pyridine rings is 1. The van der Waals surface area contributed by atoms with Gasteiger partial charge in [0.25, 0.3) is 0 Å². The van der Waals surface area contributed by atoms with Gasteiger partial charge in [0.05, 0.1) is 23.8 Å². The third kappa shape index (κ3) is 3.23. The summed E-state index contributed by atoms with van der Waals surface area (Å²) in [5.41, 5.74) is -0.0455. The number of halogens is 3. The normalized spacial score (nSPS) is 16.1. The smallest absolute Gasteiger partial charge is 0.364 e. The molecule has 0 atom stereocenters. The van der Waals surface area contributed by atoms with Gasteiger partial charge in [-0.25, -0.2) is 4.98 Å². The van der Waals surface area contributed by atoms with Crippen molar-refractivity contribution in [3.8, 4) is 0 Å². The Labute approximate surface area is 126 Å². The van der Waals surface area contributed by atoms with Gasteiger partial charge >= 0.3 is 6.18 Å². The molecular weight excluding hydrogens is 293 g/mol. The van der Waals surface area contributed by atoms with Crippen molar-refractivity contribution in [2.45, 2.75) is 44.4 Å². The highest BCUT2D eigenvalue weighted by Crippen LogP contribution is 2.33. The molecule has 2 aromatic rings. The minimum absolute atomic E-state index is 0.162. The lowest BCUT2D eigenvalue weighted by atomic mass is 10.2. The van der Waals surface area contributed by atoms with Crippen molar-refractivity contribution >= 4 is 5.82 Å². The van der Waals surface area contributed by atoms with Crippen LogP contribution < -0.4 is 5.32 Å². The Morgan fingerprint density at radius 1 is 1.23 bits per heavy atom. The zero-order valence-corrected chi connectivity index (χ0v) is 12.0. The van der Waals surface area contributed by atoms with Gasteiger partial charge in [-0.2, -0.15) is 18.3 Å². The summed E-state index contributed by atoms with van der Waals surface area (Å²) in [7, 11) is 0. The predicted octanol–water partition coefficient (Wildman–Crippen LogP) is 4.02. The molecule has 22 heavy (non-hydrogen) atoms. The molecule has 1 aliphatic carbocycles. The van der Waals surface area contributed by atoms with Crippen molar-refractivity contribution in [3.05, 3.63) is 41.9 Å². The van der Waals surface area contributed by atoms with Crippen molar-refractivity contribution in [1.82, 2.24) is 14.8 Å². The standard InChI is InChI=1S/C15H17F3N4/c16-15(17,18)13-6-3-8-19-14(13)20-10-11-7-9-22(21-11)12-4-1-2-5-12/h3,6-9,12H,1-2,4-5,10H2,(H,19,20). The third-order valence-electron chi connectivity index (χ3n) is 3.91. The molecular formula is C15H17F3N4. The third-order valence-corrected chi connectivity index (χ3v) is 3.91. The number of nitrogens with one attached hydrogen (secondary N) is 1. The lowest BCUT2D eigenvalue weighted by molar-refractivity contribution is -0.137. The van der Waals surface area contributed by atoms with Gasteiger partial charge in [-0.05, 0) is 31.0 Å². The van der Waals surface area contributed by atoms with Gasteiger partial charge in [0, 0.05) is 12.4 Å². The van der Waals surface area contributed by atoms with Gasteiger partial charge in [0.1, 0.15) is 5.82 Å². The van der Waals surface area contributed by atoms with E-state index in [1.165, 1.54) is 25.1 Å². The van der Waals surface area contributed by atoms with Crippen LogP contribution in [0, 0.1) is 0 Å². The van der Waals surface area contributed by atoms with Gasteiger partial charge in [0.15, 0.2) is 0 Å². The van der Waals surface area contributed by atoms with Crippen LogP contribution in [0.25, 0.3) is 0 Å². The maximum absolute atomic E-state index is 12.9. The molecule has 0 aromatic carbocycles. The lowest BCUT2D eigenvalue weighted by Gasteiger charge is -2.12. The fourth-order valence-corrected chi connectivity index (χ4v) is 2.79. The number of alkyl halides is 3.